The summed E-state index contributed by atoms with van der Waals surface area (Å²) in [5.74, 6) is 0. The molecule has 0 spiro atoms. The van der Waals surface area contributed by atoms with Crippen LogP contribution in [0.25, 0.3) is 0 Å². The molecule has 5 nitrogen and oxygen atoms in total. The lowest BCUT2D eigenvalue weighted by Gasteiger charge is -2.12. The van der Waals surface area contributed by atoms with Crippen molar-refractivity contribution >= 4 is 0 Å². The van der Waals surface area contributed by atoms with E-state index >= 15 is 0 Å². The summed E-state index contributed by atoms with van der Waals surface area (Å²) >= 11 is 0. The van der Waals surface area contributed by atoms with Gasteiger partial charge in [-0.15, -0.1) is 0 Å². The second-order valence-corrected chi connectivity index (χ2v) is 1.50. The maximum atomic E-state index is 8.33. The molecule has 0 unspecified atom stereocenters. The van der Waals surface area contributed by atoms with E-state index in [0.717, 1.165) is 0 Å². The zero-order valence-electron chi connectivity index (χ0n) is 5.12. The van der Waals surface area contributed by atoms with Crippen molar-refractivity contribution in [1.29, 1.82) is 5.53 Å². The largest absolute Gasteiger partial charge is 0.394 e. The smallest absolute Gasteiger partial charge is 0.0624 e. The first-order valence-electron chi connectivity index (χ1n) is 2.69. The van der Waals surface area contributed by atoms with Gasteiger partial charge in [0.15, 0.2) is 0 Å². The summed E-state index contributed by atoms with van der Waals surface area (Å²) in [6, 6.07) is 0. The zero-order chi connectivity index (χ0) is 7.11. The Bertz CT molecular complexity index is 72.2. The summed E-state index contributed by atoms with van der Waals surface area (Å²) in [5, 5.41) is 21.0. The van der Waals surface area contributed by atoms with Crippen LogP contribution in [0.1, 0.15) is 0 Å². The average Bonchev–Trinajstić information content (AvgIpc) is 1.88. The number of hydrogen-bond donors (Lipinski definition) is 3. The van der Waals surface area contributed by atoms with Crippen LogP contribution in [0.15, 0.2) is 5.22 Å². The predicted octanol–water partition coefficient (Wildman–Crippen LogP) is -0.781. The Morgan fingerprint density at radius 2 is 1.67 bits per heavy atom. The maximum Gasteiger partial charge on any atom is 0.0624 e. The molecule has 0 aromatic carbocycles. The molecule has 0 rings (SSSR count). The molecule has 0 heterocycles. The van der Waals surface area contributed by atoms with Gasteiger partial charge in [0.25, 0.3) is 0 Å². The van der Waals surface area contributed by atoms with E-state index in [4.69, 9.17) is 15.7 Å². The van der Waals surface area contributed by atoms with Crippen LogP contribution in [0, 0.1) is 5.53 Å². The molecule has 0 aromatic rings. The fraction of sp³-hybridized carbons (Fsp3) is 1.00. The summed E-state index contributed by atoms with van der Waals surface area (Å²) in [4.78, 5) is 0. The van der Waals surface area contributed by atoms with E-state index in [2.05, 4.69) is 5.22 Å². The first kappa shape index (κ1) is 8.32. The number of rotatable bonds is 5. The Balaban J connectivity index is 3.29. The minimum atomic E-state index is -0.0393. The molecule has 5 heteroatoms. The van der Waals surface area contributed by atoms with Gasteiger partial charge in [0, 0.05) is 0 Å². The highest BCUT2D eigenvalue weighted by Crippen LogP contribution is 1.84. The van der Waals surface area contributed by atoms with Crippen molar-refractivity contribution < 1.29 is 10.2 Å². The van der Waals surface area contributed by atoms with Gasteiger partial charge in [-0.1, -0.05) is 5.22 Å². The second-order valence-electron chi connectivity index (χ2n) is 1.50. The molecule has 0 bridgehead atoms. The highest BCUT2D eigenvalue weighted by atomic mass is 16.3. The Morgan fingerprint density at radius 3 is 1.89 bits per heavy atom. The van der Waals surface area contributed by atoms with Crippen LogP contribution >= 0.6 is 0 Å². The molecular weight excluding hydrogens is 122 g/mol. The summed E-state index contributed by atoms with van der Waals surface area (Å²) in [6.45, 7) is 0.541. The molecule has 0 aliphatic rings. The Labute approximate surface area is 53.4 Å². The van der Waals surface area contributed by atoms with Gasteiger partial charge in [0.05, 0.1) is 26.3 Å². The van der Waals surface area contributed by atoms with Gasteiger partial charge in [-0.3, -0.25) is 5.01 Å². The van der Waals surface area contributed by atoms with Crippen molar-refractivity contribution in [3.05, 3.63) is 0 Å². The number of hydrogen-bond acceptors (Lipinski definition) is 4. The lowest BCUT2D eigenvalue weighted by Crippen LogP contribution is -2.23. The highest BCUT2D eigenvalue weighted by molar-refractivity contribution is 4.44. The van der Waals surface area contributed by atoms with Crippen LogP contribution in [-0.4, -0.2) is 41.5 Å². The number of nitrogens with one attached hydrogen (secondary N) is 1. The summed E-state index contributed by atoms with van der Waals surface area (Å²) < 4.78 is 0. The van der Waals surface area contributed by atoms with E-state index in [1.54, 1.807) is 0 Å². The predicted molar refractivity (Wildman–Crippen MR) is 30.9 cm³/mol. The molecular formula is C4H11N3O2. The van der Waals surface area contributed by atoms with E-state index in [9.17, 15) is 0 Å². The van der Waals surface area contributed by atoms with Crippen molar-refractivity contribution in [2.24, 2.45) is 5.22 Å². The molecule has 54 valence electrons. The van der Waals surface area contributed by atoms with Crippen molar-refractivity contribution in [3.8, 4) is 0 Å². The fourth-order valence-electron chi connectivity index (χ4n) is 0.443. The third-order valence-corrected chi connectivity index (χ3v) is 0.858. The minimum absolute atomic E-state index is 0.0393. The van der Waals surface area contributed by atoms with Crippen LogP contribution in [0.3, 0.4) is 0 Å². The molecule has 3 N–H and O–H groups in total. The van der Waals surface area contributed by atoms with Gasteiger partial charge in [-0.25, -0.2) is 0 Å². The first-order chi connectivity index (χ1) is 4.35. The fourth-order valence-corrected chi connectivity index (χ4v) is 0.443. The number of aliphatic hydroxyl groups is 2. The third-order valence-electron chi connectivity index (χ3n) is 0.858. The van der Waals surface area contributed by atoms with E-state index in [1.165, 1.54) is 5.01 Å². The average molecular weight is 133 g/mol. The van der Waals surface area contributed by atoms with Crippen LogP contribution in [0.2, 0.25) is 0 Å². The van der Waals surface area contributed by atoms with Gasteiger partial charge >= 0.3 is 0 Å². The van der Waals surface area contributed by atoms with Gasteiger partial charge < -0.3 is 10.2 Å². The summed E-state index contributed by atoms with van der Waals surface area (Å²) in [7, 11) is 0. The molecule has 9 heavy (non-hydrogen) atoms. The summed E-state index contributed by atoms with van der Waals surface area (Å²) in [5.41, 5.74) is 6.50. The standard InChI is InChI=1S/C4H11N3O2/c5-6-7(1-3-8)2-4-9/h5,8-9H,1-4H2. The van der Waals surface area contributed by atoms with Crippen molar-refractivity contribution in [2.45, 2.75) is 0 Å². The Morgan fingerprint density at radius 1 is 1.22 bits per heavy atom. The first-order valence-corrected chi connectivity index (χ1v) is 2.69. The van der Waals surface area contributed by atoms with Crippen LogP contribution in [0.4, 0.5) is 0 Å². The topological polar surface area (TPSA) is 79.9 Å². The molecule has 0 aliphatic carbocycles. The second kappa shape index (κ2) is 5.46. The minimum Gasteiger partial charge on any atom is -0.394 e. The third kappa shape index (κ3) is 3.87. The molecule has 0 aromatic heterocycles. The van der Waals surface area contributed by atoms with Crippen LogP contribution in [-0.2, 0) is 0 Å². The molecule has 0 saturated carbocycles. The van der Waals surface area contributed by atoms with E-state index in [0.29, 0.717) is 13.1 Å². The van der Waals surface area contributed by atoms with E-state index < -0.39 is 0 Å². The van der Waals surface area contributed by atoms with Crippen LogP contribution in [0.5, 0.6) is 0 Å². The summed E-state index contributed by atoms with van der Waals surface area (Å²) in [6.07, 6.45) is 0. The van der Waals surface area contributed by atoms with E-state index in [1.807, 2.05) is 0 Å². The van der Waals surface area contributed by atoms with Crippen LogP contribution < -0.4 is 0 Å². The zero-order valence-corrected chi connectivity index (χ0v) is 5.12. The Hall–Kier alpha value is -0.680. The molecule has 0 radical (unpaired) electrons. The molecule has 0 aliphatic heterocycles. The molecule has 0 saturated heterocycles. The molecule has 0 amide bonds. The lowest BCUT2D eigenvalue weighted by molar-refractivity contribution is 0.154. The van der Waals surface area contributed by atoms with Crippen molar-refractivity contribution in [1.82, 2.24) is 5.01 Å². The molecule has 0 fully saturated rings. The Kier molecular flexibility index (Phi) is 5.04. The number of aliphatic hydroxyl groups excluding tert-OH is 2. The normalized spacial score (nSPS) is 9.11. The van der Waals surface area contributed by atoms with E-state index in [-0.39, 0.29) is 13.2 Å². The monoisotopic (exact) mass is 133 g/mol. The maximum absolute atomic E-state index is 8.33. The van der Waals surface area contributed by atoms with Crippen molar-refractivity contribution in [2.75, 3.05) is 26.3 Å². The SMILES string of the molecule is N=NN(CCO)CCO. The van der Waals surface area contributed by atoms with Gasteiger partial charge in [-0.05, 0) is 0 Å². The van der Waals surface area contributed by atoms with Crippen molar-refractivity contribution in [3.63, 3.8) is 0 Å². The van der Waals surface area contributed by atoms with Gasteiger partial charge in [0.1, 0.15) is 0 Å². The number of nitrogens with zero attached hydrogens (tertiary/aromatic N) is 2. The lowest BCUT2D eigenvalue weighted by atomic mass is 10.6. The molecule has 0 atom stereocenters. The van der Waals surface area contributed by atoms with Gasteiger partial charge in [0.2, 0.25) is 0 Å². The quantitative estimate of drug-likeness (QED) is 0.340. The highest BCUT2D eigenvalue weighted by Gasteiger charge is 1.95. The van der Waals surface area contributed by atoms with Gasteiger partial charge in [-0.2, -0.15) is 5.53 Å².